The molecule has 0 aromatic carbocycles. The molecule has 1 aliphatic heterocycles. The molecule has 10 heteroatoms. The highest BCUT2D eigenvalue weighted by Crippen LogP contribution is 2.26. The number of nitrogens with one attached hydrogen (secondary N) is 1. The third-order valence-electron chi connectivity index (χ3n) is 4.73. The van der Waals surface area contributed by atoms with E-state index in [2.05, 4.69) is 51.1 Å². The Morgan fingerprint density at radius 1 is 1.29 bits per heavy atom. The van der Waals surface area contributed by atoms with E-state index in [1.807, 2.05) is 18.2 Å². The Morgan fingerprint density at radius 3 is 2.84 bits per heavy atom. The molecule has 0 saturated carbocycles. The molecule has 0 fully saturated rings. The number of anilines is 2. The van der Waals surface area contributed by atoms with E-state index >= 15 is 0 Å². The van der Waals surface area contributed by atoms with Gasteiger partial charge in [-0.2, -0.15) is 0 Å². The molecule has 5 N–H and O–H groups in total. The number of aromatic nitrogens is 2. The van der Waals surface area contributed by atoms with Crippen LogP contribution < -0.4 is 26.4 Å². The molecule has 1 aliphatic rings. The first-order chi connectivity index (χ1) is 14.9. The van der Waals surface area contributed by atoms with Crippen LogP contribution in [-0.4, -0.2) is 61.1 Å². The van der Waals surface area contributed by atoms with Gasteiger partial charge in [-0.15, -0.1) is 0 Å². The van der Waals surface area contributed by atoms with Gasteiger partial charge in [-0.1, -0.05) is 25.9 Å². The fraction of sp³-hybridized carbons (Fsp3) is 0.524. The molecule has 0 spiro atoms. The largest absolute Gasteiger partial charge is 0.484 e. The predicted molar refractivity (Wildman–Crippen MR) is 123 cm³/mol. The molecule has 0 atom stereocenters. The van der Waals surface area contributed by atoms with E-state index in [-0.39, 0.29) is 5.41 Å². The van der Waals surface area contributed by atoms with Gasteiger partial charge in [0.05, 0.1) is 5.71 Å². The number of hydrogen-bond acceptors (Lipinski definition) is 10. The fourth-order valence-electron chi connectivity index (χ4n) is 3.06. The molecule has 0 unspecified atom stereocenters. The van der Waals surface area contributed by atoms with Gasteiger partial charge in [-0.3, -0.25) is 4.99 Å². The SMILES string of the molecule is CC(C)(C)c1cc(NCCN(CCN)c2ncccc2OCC2=NC(N)=NCC2)no1. The normalized spacial score (nSPS) is 14.1. The molecule has 0 aliphatic carbocycles. The van der Waals surface area contributed by atoms with Crippen LogP contribution in [0.1, 0.15) is 33.0 Å². The molecule has 168 valence electrons. The van der Waals surface area contributed by atoms with Crippen LogP contribution in [-0.2, 0) is 5.41 Å². The van der Waals surface area contributed by atoms with Crippen molar-refractivity contribution in [2.24, 2.45) is 21.5 Å². The van der Waals surface area contributed by atoms with E-state index in [0.717, 1.165) is 23.7 Å². The number of nitrogens with two attached hydrogens (primary N) is 2. The lowest BCUT2D eigenvalue weighted by Crippen LogP contribution is -2.34. The third-order valence-corrected chi connectivity index (χ3v) is 4.73. The minimum Gasteiger partial charge on any atom is -0.484 e. The summed E-state index contributed by atoms with van der Waals surface area (Å²) in [6, 6.07) is 5.68. The maximum Gasteiger partial charge on any atom is 0.215 e. The second-order valence-electron chi connectivity index (χ2n) is 8.31. The lowest BCUT2D eigenvalue weighted by molar-refractivity contribution is 0.330. The number of ether oxygens (including phenoxy) is 1. The van der Waals surface area contributed by atoms with Crippen molar-refractivity contribution in [3.8, 4) is 5.75 Å². The number of rotatable bonds is 10. The van der Waals surface area contributed by atoms with Crippen LogP contribution in [0.3, 0.4) is 0 Å². The van der Waals surface area contributed by atoms with E-state index in [1.165, 1.54) is 0 Å². The average molecular weight is 429 g/mol. The monoisotopic (exact) mass is 428 g/mol. The Labute approximate surface area is 182 Å². The van der Waals surface area contributed by atoms with Crippen molar-refractivity contribution in [2.45, 2.75) is 32.6 Å². The smallest absolute Gasteiger partial charge is 0.215 e. The summed E-state index contributed by atoms with van der Waals surface area (Å²) in [5.41, 5.74) is 12.3. The minimum absolute atomic E-state index is 0.0855. The lowest BCUT2D eigenvalue weighted by atomic mass is 9.93. The van der Waals surface area contributed by atoms with Gasteiger partial charge in [0.15, 0.2) is 17.4 Å². The van der Waals surface area contributed by atoms with Crippen molar-refractivity contribution < 1.29 is 9.26 Å². The van der Waals surface area contributed by atoms with Crippen LogP contribution >= 0.6 is 0 Å². The van der Waals surface area contributed by atoms with E-state index in [0.29, 0.717) is 56.9 Å². The predicted octanol–water partition coefficient (Wildman–Crippen LogP) is 1.78. The molecule has 2 aromatic rings. The molecule has 2 aromatic heterocycles. The summed E-state index contributed by atoms with van der Waals surface area (Å²) in [6.07, 6.45) is 2.48. The Kier molecular flexibility index (Phi) is 7.45. The van der Waals surface area contributed by atoms with Gasteiger partial charge in [-0.05, 0) is 12.1 Å². The third kappa shape index (κ3) is 6.42. The topological polar surface area (TPSA) is 140 Å². The molecule has 3 rings (SSSR count). The average Bonchev–Trinajstić information content (AvgIpc) is 3.22. The van der Waals surface area contributed by atoms with Gasteiger partial charge in [0, 0.05) is 56.8 Å². The van der Waals surface area contributed by atoms with Crippen LogP contribution in [0.2, 0.25) is 0 Å². The van der Waals surface area contributed by atoms with Gasteiger partial charge in [0.2, 0.25) is 5.96 Å². The van der Waals surface area contributed by atoms with Crippen LogP contribution in [0.15, 0.2) is 38.9 Å². The van der Waals surface area contributed by atoms with Crippen LogP contribution in [0.4, 0.5) is 11.6 Å². The van der Waals surface area contributed by atoms with E-state index in [1.54, 1.807) is 6.20 Å². The Bertz CT molecular complexity index is 916. The summed E-state index contributed by atoms with van der Waals surface area (Å²) in [6.45, 7) is 9.69. The minimum atomic E-state index is -0.0855. The van der Waals surface area contributed by atoms with Gasteiger partial charge >= 0.3 is 0 Å². The zero-order valence-corrected chi connectivity index (χ0v) is 18.5. The number of nitrogens with zero attached hydrogens (tertiary/aromatic N) is 5. The number of guanidine groups is 1. The highest BCUT2D eigenvalue weighted by molar-refractivity contribution is 5.99. The van der Waals surface area contributed by atoms with Crippen molar-refractivity contribution in [2.75, 3.05) is 49.5 Å². The molecule has 0 saturated heterocycles. The zero-order chi connectivity index (χ0) is 22.3. The molecular formula is C21H32N8O2. The summed E-state index contributed by atoms with van der Waals surface area (Å²) < 4.78 is 11.5. The van der Waals surface area contributed by atoms with E-state index in [9.17, 15) is 0 Å². The molecule has 31 heavy (non-hydrogen) atoms. The second kappa shape index (κ2) is 10.3. The van der Waals surface area contributed by atoms with Crippen LogP contribution in [0, 0.1) is 0 Å². The number of hydrogen-bond donors (Lipinski definition) is 3. The van der Waals surface area contributed by atoms with Gasteiger partial charge < -0.3 is 30.9 Å². The van der Waals surface area contributed by atoms with Gasteiger partial charge in [-0.25, -0.2) is 9.98 Å². The first kappa shape index (κ1) is 22.5. The first-order valence-corrected chi connectivity index (χ1v) is 10.5. The first-order valence-electron chi connectivity index (χ1n) is 10.5. The summed E-state index contributed by atoms with van der Waals surface area (Å²) in [5.74, 6) is 3.27. The summed E-state index contributed by atoms with van der Waals surface area (Å²) in [4.78, 5) is 14.9. The van der Waals surface area contributed by atoms with Crippen LogP contribution in [0.5, 0.6) is 5.75 Å². The Hall–Kier alpha value is -3.14. The molecule has 0 amide bonds. The van der Waals surface area contributed by atoms with Crippen molar-refractivity contribution in [3.63, 3.8) is 0 Å². The van der Waals surface area contributed by atoms with Gasteiger partial charge in [0.25, 0.3) is 0 Å². The highest BCUT2D eigenvalue weighted by Gasteiger charge is 2.20. The van der Waals surface area contributed by atoms with Crippen molar-refractivity contribution in [1.29, 1.82) is 0 Å². The number of aliphatic imine (C=N–C) groups is 2. The number of pyridine rings is 1. The molecular weight excluding hydrogens is 396 g/mol. The van der Waals surface area contributed by atoms with E-state index < -0.39 is 0 Å². The second-order valence-corrected chi connectivity index (χ2v) is 8.31. The summed E-state index contributed by atoms with van der Waals surface area (Å²) >= 11 is 0. The standard InChI is InChI=1S/C21H32N8O2/c1-21(2,3)17-13-18(28-31-17)24-10-12-29(11-7-22)19-16(5-4-8-25-19)30-14-15-6-9-26-20(23)27-15/h4-5,8,13H,6-7,9-12,14,22H2,1-3H3,(H2,23,26)(H,24,28). The fourth-order valence-corrected chi connectivity index (χ4v) is 3.06. The molecule has 10 nitrogen and oxygen atoms in total. The van der Waals surface area contributed by atoms with Crippen LogP contribution in [0.25, 0.3) is 0 Å². The lowest BCUT2D eigenvalue weighted by Gasteiger charge is -2.25. The van der Waals surface area contributed by atoms with Gasteiger partial charge in [0.1, 0.15) is 12.4 Å². The molecule has 0 radical (unpaired) electrons. The molecule has 3 heterocycles. The van der Waals surface area contributed by atoms with Crippen molar-refractivity contribution >= 4 is 23.3 Å². The van der Waals surface area contributed by atoms with Crippen molar-refractivity contribution in [1.82, 2.24) is 10.1 Å². The highest BCUT2D eigenvalue weighted by atomic mass is 16.5. The van der Waals surface area contributed by atoms with E-state index in [4.69, 9.17) is 20.7 Å². The molecule has 0 bridgehead atoms. The Morgan fingerprint density at radius 2 is 2.13 bits per heavy atom. The Balaban J connectivity index is 1.62. The maximum absolute atomic E-state index is 6.02. The summed E-state index contributed by atoms with van der Waals surface area (Å²) in [5, 5.41) is 7.40. The summed E-state index contributed by atoms with van der Waals surface area (Å²) in [7, 11) is 0. The van der Waals surface area contributed by atoms with Crippen molar-refractivity contribution in [3.05, 3.63) is 30.2 Å². The maximum atomic E-state index is 6.02. The zero-order valence-electron chi connectivity index (χ0n) is 18.5. The quantitative estimate of drug-likeness (QED) is 0.520.